The van der Waals surface area contributed by atoms with Crippen LogP contribution in [0.4, 0.5) is 0 Å². The van der Waals surface area contributed by atoms with Crippen LogP contribution in [0.3, 0.4) is 0 Å². The highest BCUT2D eigenvalue weighted by Gasteiger charge is 2.00. The topological polar surface area (TPSA) is 12.5 Å². The highest BCUT2D eigenvalue weighted by Crippen LogP contribution is 1.95. The van der Waals surface area contributed by atoms with Crippen molar-refractivity contribution in [1.29, 1.82) is 0 Å². The molecule has 0 heterocycles. The highest BCUT2D eigenvalue weighted by atomic mass is 16.5. The van der Waals surface area contributed by atoms with Gasteiger partial charge in [0.05, 0.1) is 0 Å². The Kier molecular flexibility index (Phi) is 4.72. The van der Waals surface area contributed by atoms with Gasteiger partial charge in [0.15, 0.2) is 0 Å². The van der Waals surface area contributed by atoms with Crippen LogP contribution < -0.4 is 0 Å². The first-order valence-corrected chi connectivity index (χ1v) is 3.30. The number of rotatable bonds is 4. The van der Waals surface area contributed by atoms with Gasteiger partial charge in [0.2, 0.25) is 0 Å². The van der Waals surface area contributed by atoms with Crippen LogP contribution in [0, 0.1) is 5.92 Å². The van der Waals surface area contributed by atoms with Gasteiger partial charge in [0, 0.05) is 20.3 Å². The molecule has 0 fully saturated rings. The third-order valence-corrected chi connectivity index (χ3v) is 1.13. The molecule has 0 aliphatic carbocycles. The number of methoxy groups -OCH3 is 1. The van der Waals surface area contributed by atoms with E-state index < -0.39 is 0 Å². The first-order chi connectivity index (χ1) is 4.16. The lowest BCUT2D eigenvalue weighted by molar-refractivity contribution is 0.143. The van der Waals surface area contributed by atoms with Crippen LogP contribution in [-0.2, 0) is 4.74 Å². The van der Waals surface area contributed by atoms with Gasteiger partial charge in [0.1, 0.15) is 0 Å². The molecule has 0 aliphatic rings. The minimum atomic E-state index is 0.644. The third-order valence-electron chi connectivity index (χ3n) is 1.13. The number of hydrogen-bond donors (Lipinski definition) is 0. The monoisotopic (exact) mass is 131 g/mol. The van der Waals surface area contributed by atoms with Crippen molar-refractivity contribution in [3.8, 4) is 0 Å². The Morgan fingerprint density at radius 1 is 1.44 bits per heavy atom. The zero-order valence-corrected chi connectivity index (χ0v) is 6.85. The molecule has 0 aliphatic heterocycles. The quantitative estimate of drug-likeness (QED) is 0.560. The smallest absolute Gasteiger partial charge is 0.0500 e. The van der Waals surface area contributed by atoms with Crippen LogP contribution in [0.5, 0.6) is 0 Å². The van der Waals surface area contributed by atoms with E-state index in [2.05, 4.69) is 25.9 Å². The van der Waals surface area contributed by atoms with Crippen LogP contribution in [0.2, 0.25) is 0 Å². The summed E-state index contributed by atoms with van der Waals surface area (Å²) >= 11 is 0. The SMILES string of the molecule is COCC(C)CN(C)C. The van der Waals surface area contributed by atoms with E-state index >= 15 is 0 Å². The molecule has 0 aromatic rings. The van der Waals surface area contributed by atoms with Crippen molar-refractivity contribution in [2.24, 2.45) is 5.92 Å². The second kappa shape index (κ2) is 4.77. The number of hydrogen-bond acceptors (Lipinski definition) is 2. The highest BCUT2D eigenvalue weighted by molar-refractivity contribution is 4.53. The summed E-state index contributed by atoms with van der Waals surface area (Å²) in [5.41, 5.74) is 0. The summed E-state index contributed by atoms with van der Waals surface area (Å²) in [7, 11) is 5.89. The molecule has 0 aromatic heterocycles. The normalized spacial score (nSPS) is 14.3. The number of nitrogens with zero attached hydrogens (tertiary/aromatic N) is 1. The molecule has 0 N–H and O–H groups in total. The summed E-state index contributed by atoms with van der Waals surface area (Å²) in [6.45, 7) is 4.15. The molecule has 0 aromatic carbocycles. The zero-order valence-electron chi connectivity index (χ0n) is 6.85. The summed E-state index contributed by atoms with van der Waals surface area (Å²) in [5.74, 6) is 0.644. The molecule has 1 unspecified atom stereocenters. The molecule has 56 valence electrons. The maximum absolute atomic E-state index is 4.98. The lowest BCUT2D eigenvalue weighted by Crippen LogP contribution is -2.22. The standard InChI is InChI=1S/C7H17NO/c1-7(6-9-4)5-8(2)3/h7H,5-6H2,1-4H3. The van der Waals surface area contributed by atoms with E-state index in [9.17, 15) is 0 Å². The van der Waals surface area contributed by atoms with E-state index in [0.717, 1.165) is 13.2 Å². The minimum absolute atomic E-state index is 0.644. The Labute approximate surface area is 57.8 Å². The van der Waals surface area contributed by atoms with Crippen molar-refractivity contribution in [2.75, 3.05) is 34.4 Å². The van der Waals surface area contributed by atoms with Crippen LogP contribution in [-0.4, -0.2) is 39.3 Å². The molecular formula is C7H17NO. The molecule has 1 atom stereocenters. The largest absolute Gasteiger partial charge is 0.384 e. The predicted molar refractivity (Wildman–Crippen MR) is 39.6 cm³/mol. The van der Waals surface area contributed by atoms with E-state index in [1.54, 1.807) is 7.11 Å². The van der Waals surface area contributed by atoms with Crippen molar-refractivity contribution in [3.63, 3.8) is 0 Å². The zero-order chi connectivity index (χ0) is 7.28. The molecule has 0 saturated carbocycles. The fourth-order valence-electron chi connectivity index (χ4n) is 0.961. The second-order valence-electron chi connectivity index (χ2n) is 2.82. The van der Waals surface area contributed by atoms with Gasteiger partial charge in [-0.15, -0.1) is 0 Å². The van der Waals surface area contributed by atoms with Crippen LogP contribution in [0.25, 0.3) is 0 Å². The Morgan fingerprint density at radius 2 is 2.00 bits per heavy atom. The molecule has 2 nitrogen and oxygen atoms in total. The maximum atomic E-state index is 4.98. The van der Waals surface area contributed by atoms with E-state index in [0.29, 0.717) is 5.92 Å². The van der Waals surface area contributed by atoms with E-state index in [-0.39, 0.29) is 0 Å². The van der Waals surface area contributed by atoms with Gasteiger partial charge in [-0.2, -0.15) is 0 Å². The molecule has 0 radical (unpaired) electrons. The third kappa shape index (κ3) is 5.80. The van der Waals surface area contributed by atoms with Crippen molar-refractivity contribution in [2.45, 2.75) is 6.92 Å². The predicted octanol–water partition coefficient (Wildman–Crippen LogP) is 0.831. The molecule has 0 amide bonds. The van der Waals surface area contributed by atoms with Gasteiger partial charge in [-0.1, -0.05) is 6.92 Å². The van der Waals surface area contributed by atoms with Crippen molar-refractivity contribution < 1.29 is 4.74 Å². The summed E-state index contributed by atoms with van der Waals surface area (Å²) in [4.78, 5) is 2.17. The lowest BCUT2D eigenvalue weighted by Gasteiger charge is -2.15. The molecule has 0 bridgehead atoms. The number of ether oxygens (including phenoxy) is 1. The first kappa shape index (κ1) is 8.92. The summed E-state index contributed by atoms with van der Waals surface area (Å²) in [5, 5.41) is 0. The van der Waals surface area contributed by atoms with Gasteiger partial charge in [-0.05, 0) is 20.0 Å². The Bertz CT molecular complexity index is 63.9. The van der Waals surface area contributed by atoms with Gasteiger partial charge in [0.25, 0.3) is 0 Å². The van der Waals surface area contributed by atoms with Gasteiger partial charge < -0.3 is 9.64 Å². The first-order valence-electron chi connectivity index (χ1n) is 3.30. The molecule has 0 spiro atoms. The molecular weight excluding hydrogens is 114 g/mol. The fourth-order valence-corrected chi connectivity index (χ4v) is 0.961. The van der Waals surface area contributed by atoms with Gasteiger partial charge >= 0.3 is 0 Å². The molecule has 2 heteroatoms. The van der Waals surface area contributed by atoms with Crippen LogP contribution in [0.15, 0.2) is 0 Å². The second-order valence-corrected chi connectivity index (χ2v) is 2.82. The summed E-state index contributed by atoms with van der Waals surface area (Å²) in [6.07, 6.45) is 0. The van der Waals surface area contributed by atoms with Crippen molar-refractivity contribution in [3.05, 3.63) is 0 Å². The fraction of sp³-hybridized carbons (Fsp3) is 1.00. The maximum Gasteiger partial charge on any atom is 0.0500 e. The molecule has 0 rings (SSSR count). The van der Waals surface area contributed by atoms with E-state index in [1.165, 1.54) is 0 Å². The average Bonchev–Trinajstić information content (AvgIpc) is 1.63. The Morgan fingerprint density at radius 3 is 2.33 bits per heavy atom. The van der Waals surface area contributed by atoms with Crippen molar-refractivity contribution in [1.82, 2.24) is 4.90 Å². The van der Waals surface area contributed by atoms with E-state index in [4.69, 9.17) is 4.74 Å². The minimum Gasteiger partial charge on any atom is -0.384 e. The average molecular weight is 131 g/mol. The summed E-state index contributed by atoms with van der Waals surface area (Å²) in [6, 6.07) is 0. The lowest BCUT2D eigenvalue weighted by atomic mass is 10.2. The molecule has 9 heavy (non-hydrogen) atoms. The molecule has 0 saturated heterocycles. The van der Waals surface area contributed by atoms with Crippen molar-refractivity contribution >= 4 is 0 Å². The van der Waals surface area contributed by atoms with Gasteiger partial charge in [-0.3, -0.25) is 0 Å². The summed E-state index contributed by atoms with van der Waals surface area (Å²) < 4.78 is 4.98. The van der Waals surface area contributed by atoms with Gasteiger partial charge in [-0.25, -0.2) is 0 Å². The van der Waals surface area contributed by atoms with Crippen LogP contribution >= 0.6 is 0 Å². The van der Waals surface area contributed by atoms with E-state index in [1.807, 2.05) is 0 Å². The van der Waals surface area contributed by atoms with Crippen LogP contribution in [0.1, 0.15) is 6.92 Å². The Hall–Kier alpha value is -0.0800. The Balaban J connectivity index is 3.15.